The number of halogens is 3. The van der Waals surface area contributed by atoms with Crippen LogP contribution in [0.1, 0.15) is 18.9 Å². The Balaban J connectivity index is 2.12. The maximum absolute atomic E-state index is 13.0. The number of benzene rings is 2. The molecule has 0 unspecified atom stereocenters. The van der Waals surface area contributed by atoms with Gasteiger partial charge in [-0.3, -0.25) is 0 Å². The molecule has 5 nitrogen and oxygen atoms in total. The molecule has 0 fully saturated rings. The van der Waals surface area contributed by atoms with Crippen molar-refractivity contribution < 1.29 is 18.3 Å². The molecule has 0 saturated heterocycles. The molecule has 1 heterocycles. The van der Waals surface area contributed by atoms with Crippen LogP contribution in [0, 0.1) is 0 Å². The van der Waals surface area contributed by atoms with Crippen LogP contribution in [0.3, 0.4) is 0 Å². The first-order valence-corrected chi connectivity index (χ1v) is 8.46. The van der Waals surface area contributed by atoms with Gasteiger partial charge in [0.15, 0.2) is 5.82 Å². The molecule has 4 N–H and O–H groups in total. The van der Waals surface area contributed by atoms with Crippen LogP contribution < -0.4 is 11.1 Å². The summed E-state index contributed by atoms with van der Waals surface area (Å²) >= 11 is 0. The van der Waals surface area contributed by atoms with Gasteiger partial charge in [-0.15, -0.1) is 0 Å². The molecule has 0 saturated carbocycles. The van der Waals surface area contributed by atoms with Crippen molar-refractivity contribution in [1.29, 1.82) is 0 Å². The predicted molar refractivity (Wildman–Crippen MR) is 98.4 cm³/mol. The lowest BCUT2D eigenvalue weighted by Gasteiger charge is -2.15. The lowest BCUT2D eigenvalue weighted by molar-refractivity contribution is -0.137. The first kappa shape index (κ1) is 18.9. The van der Waals surface area contributed by atoms with E-state index in [0.29, 0.717) is 17.9 Å². The molecule has 0 aliphatic rings. The third kappa shape index (κ3) is 4.11. The smallest absolute Gasteiger partial charge is 0.416 e. The minimum absolute atomic E-state index is 0.00451. The normalized spacial score (nSPS) is 12.9. The van der Waals surface area contributed by atoms with Crippen molar-refractivity contribution in [3.63, 3.8) is 0 Å². The number of phenolic OH excluding ortho intramolecular Hbond substituents is 1. The highest BCUT2D eigenvalue weighted by molar-refractivity contribution is 5.91. The SMILES string of the molecule is CC[C@@H](N)CNc1nc(-c2cc(C(F)(F)F)ccc2O)nc2ccccc12. The summed E-state index contributed by atoms with van der Waals surface area (Å²) in [5.41, 5.74) is 5.52. The zero-order valence-corrected chi connectivity index (χ0v) is 14.6. The lowest BCUT2D eigenvalue weighted by atomic mass is 10.1. The highest BCUT2D eigenvalue weighted by atomic mass is 19.4. The zero-order chi connectivity index (χ0) is 19.6. The molecule has 8 heteroatoms. The Labute approximate surface area is 154 Å². The number of rotatable bonds is 5. The number of nitrogens with two attached hydrogens (primary N) is 1. The Bertz CT molecular complexity index is 959. The van der Waals surface area contributed by atoms with E-state index in [-0.39, 0.29) is 23.2 Å². The number of nitrogens with one attached hydrogen (secondary N) is 1. The first-order valence-electron chi connectivity index (χ1n) is 8.46. The van der Waals surface area contributed by atoms with E-state index in [1.807, 2.05) is 19.1 Å². The molecule has 1 atom stereocenters. The Morgan fingerprint density at radius 2 is 1.89 bits per heavy atom. The second-order valence-electron chi connectivity index (χ2n) is 6.19. The quantitative estimate of drug-likeness (QED) is 0.622. The van der Waals surface area contributed by atoms with Crippen LogP contribution >= 0.6 is 0 Å². The third-order valence-electron chi connectivity index (χ3n) is 4.22. The van der Waals surface area contributed by atoms with Crippen molar-refractivity contribution in [3.8, 4) is 17.1 Å². The van der Waals surface area contributed by atoms with E-state index in [1.54, 1.807) is 12.1 Å². The number of aromatic hydroxyl groups is 1. The molecule has 0 aliphatic heterocycles. The summed E-state index contributed by atoms with van der Waals surface area (Å²) in [7, 11) is 0. The van der Waals surface area contributed by atoms with Gasteiger partial charge in [-0.2, -0.15) is 13.2 Å². The van der Waals surface area contributed by atoms with Crippen LogP contribution in [0.5, 0.6) is 5.75 Å². The Hall–Kier alpha value is -2.87. The molecule has 0 amide bonds. The van der Waals surface area contributed by atoms with Gasteiger partial charge in [-0.05, 0) is 36.8 Å². The van der Waals surface area contributed by atoms with E-state index < -0.39 is 11.7 Å². The zero-order valence-electron chi connectivity index (χ0n) is 14.6. The highest BCUT2D eigenvalue weighted by Crippen LogP contribution is 2.36. The molecular weight excluding hydrogens is 357 g/mol. The number of nitrogens with zero attached hydrogens (tertiary/aromatic N) is 2. The molecule has 0 aliphatic carbocycles. The van der Waals surface area contributed by atoms with Gasteiger partial charge in [0, 0.05) is 18.0 Å². The number of aromatic nitrogens is 2. The second-order valence-corrected chi connectivity index (χ2v) is 6.19. The van der Waals surface area contributed by atoms with Crippen LogP contribution in [0.25, 0.3) is 22.3 Å². The van der Waals surface area contributed by atoms with Gasteiger partial charge >= 0.3 is 6.18 Å². The van der Waals surface area contributed by atoms with Crippen LogP contribution in [0.4, 0.5) is 19.0 Å². The van der Waals surface area contributed by atoms with Gasteiger partial charge in [0.25, 0.3) is 0 Å². The topological polar surface area (TPSA) is 84.1 Å². The number of phenols is 1. The van der Waals surface area contributed by atoms with E-state index in [2.05, 4.69) is 15.3 Å². The van der Waals surface area contributed by atoms with Gasteiger partial charge in [-0.1, -0.05) is 19.1 Å². The van der Waals surface area contributed by atoms with Gasteiger partial charge in [0.05, 0.1) is 16.6 Å². The largest absolute Gasteiger partial charge is 0.507 e. The van der Waals surface area contributed by atoms with E-state index in [9.17, 15) is 18.3 Å². The fourth-order valence-corrected chi connectivity index (χ4v) is 2.60. The summed E-state index contributed by atoms with van der Waals surface area (Å²) in [4.78, 5) is 8.68. The number of hydrogen-bond donors (Lipinski definition) is 3. The number of fused-ring (bicyclic) bond motifs is 1. The molecule has 0 radical (unpaired) electrons. The molecular formula is C19H19F3N4O. The summed E-state index contributed by atoms with van der Waals surface area (Å²) in [6.07, 6.45) is -3.77. The Morgan fingerprint density at radius 1 is 1.15 bits per heavy atom. The van der Waals surface area contributed by atoms with Crippen molar-refractivity contribution in [2.75, 3.05) is 11.9 Å². The molecule has 3 aromatic rings. The standard InChI is InChI=1S/C19H19F3N4O/c1-2-12(23)10-24-17-13-5-3-4-6-15(13)25-18(26-17)14-9-11(19(20,21)22)7-8-16(14)27/h3-9,12,27H,2,10,23H2,1H3,(H,24,25,26)/t12-/m1/s1. The van der Waals surface area contributed by atoms with E-state index >= 15 is 0 Å². The summed E-state index contributed by atoms with van der Waals surface area (Å²) in [5, 5.41) is 13.9. The average Bonchev–Trinajstić information content (AvgIpc) is 2.65. The van der Waals surface area contributed by atoms with Crippen LogP contribution in [0.15, 0.2) is 42.5 Å². The van der Waals surface area contributed by atoms with Crippen LogP contribution in [-0.4, -0.2) is 27.7 Å². The van der Waals surface area contributed by atoms with Gasteiger partial charge < -0.3 is 16.2 Å². The summed E-state index contributed by atoms with van der Waals surface area (Å²) in [6.45, 7) is 2.40. The first-order chi connectivity index (χ1) is 12.8. The molecule has 1 aromatic heterocycles. The van der Waals surface area contributed by atoms with Crippen molar-refractivity contribution >= 4 is 16.7 Å². The molecule has 0 spiro atoms. The van der Waals surface area contributed by atoms with Crippen LogP contribution in [-0.2, 0) is 6.18 Å². The maximum atomic E-state index is 13.0. The molecule has 3 rings (SSSR count). The van der Waals surface area contributed by atoms with Gasteiger partial charge in [0.1, 0.15) is 11.6 Å². The minimum Gasteiger partial charge on any atom is -0.507 e. The Kier molecular flexibility index (Phi) is 5.18. The van der Waals surface area contributed by atoms with Crippen molar-refractivity contribution in [2.45, 2.75) is 25.6 Å². The summed E-state index contributed by atoms with van der Waals surface area (Å²) in [6, 6.07) is 9.70. The second kappa shape index (κ2) is 7.40. The third-order valence-corrected chi connectivity index (χ3v) is 4.22. The number of para-hydroxylation sites is 1. The van der Waals surface area contributed by atoms with Crippen molar-refractivity contribution in [1.82, 2.24) is 9.97 Å². The number of hydrogen-bond acceptors (Lipinski definition) is 5. The fourth-order valence-electron chi connectivity index (χ4n) is 2.60. The lowest BCUT2D eigenvalue weighted by Crippen LogP contribution is -2.28. The van der Waals surface area contributed by atoms with E-state index in [4.69, 9.17) is 5.73 Å². The highest BCUT2D eigenvalue weighted by Gasteiger charge is 2.31. The number of anilines is 1. The molecule has 27 heavy (non-hydrogen) atoms. The van der Waals surface area contributed by atoms with Gasteiger partial charge in [0.2, 0.25) is 0 Å². The van der Waals surface area contributed by atoms with Crippen LogP contribution in [0.2, 0.25) is 0 Å². The average molecular weight is 376 g/mol. The summed E-state index contributed by atoms with van der Waals surface area (Å²) in [5.74, 6) is 0.135. The maximum Gasteiger partial charge on any atom is 0.416 e. The van der Waals surface area contributed by atoms with Crippen molar-refractivity contribution in [3.05, 3.63) is 48.0 Å². The molecule has 142 valence electrons. The molecule has 0 bridgehead atoms. The van der Waals surface area contributed by atoms with Gasteiger partial charge in [-0.25, -0.2) is 9.97 Å². The monoisotopic (exact) mass is 376 g/mol. The van der Waals surface area contributed by atoms with Crippen molar-refractivity contribution in [2.24, 2.45) is 5.73 Å². The summed E-state index contributed by atoms with van der Waals surface area (Å²) < 4.78 is 39.1. The van der Waals surface area contributed by atoms with E-state index in [1.165, 1.54) is 0 Å². The molecule has 2 aromatic carbocycles. The predicted octanol–water partition coefficient (Wildman–Crippen LogP) is 4.17. The number of alkyl halides is 3. The van der Waals surface area contributed by atoms with E-state index in [0.717, 1.165) is 30.0 Å². The minimum atomic E-state index is -4.53. The Morgan fingerprint density at radius 3 is 2.59 bits per heavy atom. The fraction of sp³-hybridized carbons (Fsp3) is 0.263.